The molecule has 18 heavy (non-hydrogen) atoms. The molecule has 0 saturated carbocycles. The van der Waals surface area contributed by atoms with E-state index in [0.29, 0.717) is 17.9 Å². The number of benzene rings is 1. The minimum atomic E-state index is -0.651. The summed E-state index contributed by atoms with van der Waals surface area (Å²) in [5, 5.41) is 8.92. The first-order valence-corrected chi connectivity index (χ1v) is 5.56. The van der Waals surface area contributed by atoms with Gasteiger partial charge in [0.15, 0.2) is 0 Å². The van der Waals surface area contributed by atoms with Crippen LogP contribution in [-0.2, 0) is 9.53 Å². The van der Waals surface area contributed by atoms with Gasteiger partial charge in [0.25, 0.3) is 0 Å². The second-order valence-electron chi connectivity index (χ2n) is 3.59. The first-order chi connectivity index (χ1) is 8.63. The predicted molar refractivity (Wildman–Crippen MR) is 68.0 cm³/mol. The van der Waals surface area contributed by atoms with Crippen LogP contribution in [0.2, 0.25) is 0 Å². The maximum atomic E-state index is 11.3. The molecule has 1 aromatic rings. The Morgan fingerprint density at radius 3 is 2.78 bits per heavy atom. The van der Waals surface area contributed by atoms with Gasteiger partial charge in [0, 0.05) is 5.56 Å². The molecule has 0 amide bonds. The Morgan fingerprint density at radius 1 is 1.50 bits per heavy atom. The highest BCUT2D eigenvalue weighted by Crippen LogP contribution is 2.25. The molecule has 0 N–H and O–H groups in total. The summed E-state index contributed by atoms with van der Waals surface area (Å²) in [4.78, 5) is 11.3. The summed E-state index contributed by atoms with van der Waals surface area (Å²) >= 11 is 0. The summed E-state index contributed by atoms with van der Waals surface area (Å²) in [5.41, 5.74) is 1.59. The Bertz CT molecular complexity index is 512. The number of nitrogens with zero attached hydrogens (tertiary/aromatic N) is 1. The molecule has 0 saturated heterocycles. The van der Waals surface area contributed by atoms with E-state index < -0.39 is 5.97 Å². The summed E-state index contributed by atoms with van der Waals surface area (Å²) < 4.78 is 10.1. The molecule has 0 aliphatic heterocycles. The van der Waals surface area contributed by atoms with Crippen molar-refractivity contribution < 1.29 is 14.3 Å². The molecule has 0 spiro atoms. The summed E-state index contributed by atoms with van der Waals surface area (Å²) in [7, 11) is 1.24. The molecular formula is C14H15NO3. The Kier molecular flexibility index (Phi) is 4.94. The smallest absolute Gasteiger partial charge is 0.348 e. The van der Waals surface area contributed by atoms with E-state index in [1.807, 2.05) is 32.0 Å². The number of esters is 1. The fourth-order valence-corrected chi connectivity index (χ4v) is 1.53. The van der Waals surface area contributed by atoms with Gasteiger partial charge in [0.2, 0.25) is 0 Å². The highest BCUT2D eigenvalue weighted by Gasteiger charge is 2.11. The summed E-state index contributed by atoms with van der Waals surface area (Å²) in [6.45, 7) is 4.31. The molecule has 0 radical (unpaired) electrons. The topological polar surface area (TPSA) is 59.3 Å². The van der Waals surface area contributed by atoms with Gasteiger partial charge in [-0.05, 0) is 25.5 Å². The monoisotopic (exact) mass is 245 g/mol. The number of rotatable bonds is 4. The lowest BCUT2D eigenvalue weighted by Gasteiger charge is -2.10. The number of carbonyl (C=O) groups is 1. The second-order valence-corrected chi connectivity index (χ2v) is 3.59. The molecule has 4 nitrogen and oxygen atoms in total. The first-order valence-electron chi connectivity index (χ1n) is 5.56. The van der Waals surface area contributed by atoms with Crippen molar-refractivity contribution in [3.63, 3.8) is 0 Å². The van der Waals surface area contributed by atoms with Gasteiger partial charge in [-0.15, -0.1) is 0 Å². The predicted octanol–water partition coefficient (Wildman–Crippen LogP) is 2.47. The Morgan fingerprint density at radius 2 is 2.22 bits per heavy atom. The van der Waals surface area contributed by atoms with Gasteiger partial charge in [-0.1, -0.05) is 18.2 Å². The fraction of sp³-hybridized carbons (Fsp3) is 0.286. The quantitative estimate of drug-likeness (QED) is 0.464. The molecule has 0 atom stereocenters. The molecule has 0 aromatic heterocycles. The lowest BCUT2D eigenvalue weighted by molar-refractivity contribution is -0.135. The maximum absolute atomic E-state index is 11.3. The van der Waals surface area contributed by atoms with E-state index in [0.717, 1.165) is 5.56 Å². The van der Waals surface area contributed by atoms with Crippen molar-refractivity contribution in [2.24, 2.45) is 0 Å². The third-order valence-electron chi connectivity index (χ3n) is 2.36. The van der Waals surface area contributed by atoms with Crippen LogP contribution in [0.25, 0.3) is 6.08 Å². The molecular weight excluding hydrogens is 230 g/mol. The molecule has 0 aliphatic carbocycles. The number of carbonyl (C=O) groups excluding carboxylic acids is 1. The Hall–Kier alpha value is -2.28. The lowest BCUT2D eigenvalue weighted by Crippen LogP contribution is -2.03. The van der Waals surface area contributed by atoms with Crippen LogP contribution in [0.5, 0.6) is 5.75 Å². The maximum Gasteiger partial charge on any atom is 0.348 e. The van der Waals surface area contributed by atoms with Crippen molar-refractivity contribution in [2.45, 2.75) is 13.8 Å². The molecule has 94 valence electrons. The van der Waals surface area contributed by atoms with Gasteiger partial charge >= 0.3 is 5.97 Å². The molecule has 4 heteroatoms. The van der Waals surface area contributed by atoms with Crippen molar-refractivity contribution in [3.05, 3.63) is 34.9 Å². The summed E-state index contributed by atoms with van der Waals surface area (Å²) in [6, 6.07) is 7.36. The molecule has 1 aromatic carbocycles. The van der Waals surface area contributed by atoms with Crippen molar-refractivity contribution in [2.75, 3.05) is 13.7 Å². The van der Waals surface area contributed by atoms with Crippen LogP contribution in [0.3, 0.4) is 0 Å². The molecule has 0 unspecified atom stereocenters. The Balaban J connectivity index is 3.25. The molecule has 0 aliphatic rings. The Labute approximate surface area is 106 Å². The van der Waals surface area contributed by atoms with Gasteiger partial charge in [-0.3, -0.25) is 0 Å². The van der Waals surface area contributed by atoms with Crippen molar-refractivity contribution in [3.8, 4) is 11.8 Å². The molecule has 1 rings (SSSR count). The number of methoxy groups -OCH3 is 1. The highest BCUT2D eigenvalue weighted by molar-refractivity contribution is 5.98. The summed E-state index contributed by atoms with van der Waals surface area (Å²) in [6.07, 6.45) is 1.48. The van der Waals surface area contributed by atoms with Gasteiger partial charge in [0.05, 0.1) is 13.7 Å². The number of para-hydroxylation sites is 1. The van der Waals surface area contributed by atoms with E-state index in [9.17, 15) is 4.79 Å². The van der Waals surface area contributed by atoms with Gasteiger partial charge in [-0.25, -0.2) is 4.79 Å². The number of hydrogen-bond donors (Lipinski definition) is 0. The SMILES string of the molecule is CCOc1c(C)cccc1C=C(C#N)C(=O)OC. The van der Waals surface area contributed by atoms with Crippen LogP contribution in [0.15, 0.2) is 23.8 Å². The van der Waals surface area contributed by atoms with Crippen molar-refractivity contribution >= 4 is 12.0 Å². The highest BCUT2D eigenvalue weighted by atomic mass is 16.5. The van der Waals surface area contributed by atoms with Crippen LogP contribution in [0.1, 0.15) is 18.1 Å². The van der Waals surface area contributed by atoms with Crippen molar-refractivity contribution in [1.82, 2.24) is 0 Å². The molecule has 0 heterocycles. The zero-order valence-electron chi connectivity index (χ0n) is 10.7. The van der Waals surface area contributed by atoms with Crippen LogP contribution < -0.4 is 4.74 Å². The second kappa shape index (κ2) is 6.45. The van der Waals surface area contributed by atoms with Crippen molar-refractivity contribution in [1.29, 1.82) is 5.26 Å². The minimum absolute atomic E-state index is 0.0518. The number of nitriles is 1. The number of hydrogen-bond acceptors (Lipinski definition) is 4. The van der Waals surface area contributed by atoms with Crippen LogP contribution in [-0.4, -0.2) is 19.7 Å². The third kappa shape index (κ3) is 3.11. The van der Waals surface area contributed by atoms with Crippen LogP contribution in [0, 0.1) is 18.3 Å². The van der Waals surface area contributed by atoms with Gasteiger partial charge < -0.3 is 9.47 Å². The average Bonchev–Trinajstić information content (AvgIpc) is 2.38. The van der Waals surface area contributed by atoms with E-state index in [2.05, 4.69) is 4.74 Å². The average molecular weight is 245 g/mol. The van der Waals surface area contributed by atoms with E-state index in [1.165, 1.54) is 13.2 Å². The molecule has 0 fully saturated rings. The first kappa shape index (κ1) is 13.8. The number of ether oxygens (including phenoxy) is 2. The zero-order chi connectivity index (χ0) is 13.5. The van der Waals surface area contributed by atoms with Gasteiger partial charge in [-0.2, -0.15) is 5.26 Å². The third-order valence-corrected chi connectivity index (χ3v) is 2.36. The summed E-state index contributed by atoms with van der Waals surface area (Å²) in [5.74, 6) is 0.0260. The minimum Gasteiger partial charge on any atom is -0.493 e. The standard InChI is InChI=1S/C14H15NO3/c1-4-18-13-10(2)6-5-7-11(13)8-12(9-15)14(16)17-3/h5-8H,4H2,1-3H3. The van der Waals surface area contributed by atoms with Crippen LogP contribution in [0.4, 0.5) is 0 Å². The molecule has 0 bridgehead atoms. The fourth-order valence-electron chi connectivity index (χ4n) is 1.53. The zero-order valence-corrected chi connectivity index (χ0v) is 10.7. The van der Waals surface area contributed by atoms with E-state index in [4.69, 9.17) is 10.00 Å². The van der Waals surface area contributed by atoms with E-state index in [-0.39, 0.29) is 5.57 Å². The van der Waals surface area contributed by atoms with Gasteiger partial charge in [0.1, 0.15) is 17.4 Å². The van der Waals surface area contributed by atoms with E-state index in [1.54, 1.807) is 6.07 Å². The normalized spacial score (nSPS) is 10.7. The van der Waals surface area contributed by atoms with E-state index >= 15 is 0 Å². The lowest BCUT2D eigenvalue weighted by atomic mass is 10.1. The largest absolute Gasteiger partial charge is 0.493 e. The number of aryl methyl sites for hydroxylation is 1. The van der Waals surface area contributed by atoms with Crippen LogP contribution >= 0.6 is 0 Å².